The Morgan fingerprint density at radius 1 is 1.35 bits per heavy atom. The third-order valence-corrected chi connectivity index (χ3v) is 2.97. The van der Waals surface area contributed by atoms with Crippen LogP contribution in [0.4, 0.5) is 18.9 Å². The van der Waals surface area contributed by atoms with E-state index in [1.165, 1.54) is 12.1 Å². The molecule has 112 valence electrons. The molecule has 0 aromatic heterocycles. The number of benzene rings is 1. The lowest BCUT2D eigenvalue weighted by Gasteiger charge is -2.24. The highest BCUT2D eigenvalue weighted by Crippen LogP contribution is 2.20. The Balaban J connectivity index is 2.93. The summed E-state index contributed by atoms with van der Waals surface area (Å²) in [7, 11) is 0. The van der Waals surface area contributed by atoms with Crippen LogP contribution in [0.1, 0.15) is 35.7 Å². The van der Waals surface area contributed by atoms with Gasteiger partial charge in [-0.1, -0.05) is 19.4 Å². The Morgan fingerprint density at radius 2 is 2.00 bits per heavy atom. The highest BCUT2D eigenvalue weighted by Gasteiger charge is 2.33. The zero-order valence-electron chi connectivity index (χ0n) is 11.6. The summed E-state index contributed by atoms with van der Waals surface area (Å²) < 4.78 is 37.6. The monoisotopic (exact) mass is 288 g/mol. The first-order valence-electron chi connectivity index (χ1n) is 6.46. The second-order valence-electron chi connectivity index (χ2n) is 4.77. The van der Waals surface area contributed by atoms with Crippen LogP contribution < -0.4 is 5.73 Å². The predicted molar refractivity (Wildman–Crippen MR) is 72.5 cm³/mol. The summed E-state index contributed by atoms with van der Waals surface area (Å²) in [5.41, 5.74) is 7.07. The topological polar surface area (TPSA) is 46.3 Å². The number of rotatable bonds is 5. The van der Waals surface area contributed by atoms with E-state index in [1.807, 2.05) is 6.92 Å². The molecule has 0 atom stereocenters. The molecular weight excluding hydrogens is 269 g/mol. The van der Waals surface area contributed by atoms with Crippen LogP contribution in [0.2, 0.25) is 0 Å². The molecule has 6 heteroatoms. The van der Waals surface area contributed by atoms with Gasteiger partial charge in [-0.3, -0.25) is 4.79 Å². The van der Waals surface area contributed by atoms with E-state index >= 15 is 0 Å². The van der Waals surface area contributed by atoms with E-state index in [1.54, 1.807) is 13.0 Å². The molecule has 0 saturated carbocycles. The Hall–Kier alpha value is -1.72. The Morgan fingerprint density at radius 3 is 2.50 bits per heavy atom. The van der Waals surface area contributed by atoms with Crippen molar-refractivity contribution in [1.29, 1.82) is 0 Å². The van der Waals surface area contributed by atoms with Gasteiger partial charge in [-0.15, -0.1) is 0 Å². The fourth-order valence-electron chi connectivity index (χ4n) is 1.77. The fourth-order valence-corrected chi connectivity index (χ4v) is 1.77. The normalized spacial score (nSPS) is 11.4. The van der Waals surface area contributed by atoms with Gasteiger partial charge in [0.25, 0.3) is 5.91 Å². The summed E-state index contributed by atoms with van der Waals surface area (Å²) in [5.74, 6) is -0.637. The lowest BCUT2D eigenvalue weighted by molar-refractivity contribution is -0.140. The smallest absolute Gasteiger partial charge is 0.398 e. The number of alkyl halides is 3. The zero-order chi connectivity index (χ0) is 15.3. The number of nitrogen functional groups attached to an aromatic ring is 1. The number of amides is 1. The lowest BCUT2D eigenvalue weighted by Crippen LogP contribution is -2.39. The van der Waals surface area contributed by atoms with Crippen LogP contribution in [-0.2, 0) is 0 Å². The van der Waals surface area contributed by atoms with Crippen LogP contribution >= 0.6 is 0 Å². The molecule has 0 unspecified atom stereocenters. The largest absolute Gasteiger partial charge is 0.406 e. The van der Waals surface area contributed by atoms with Crippen LogP contribution in [0, 0.1) is 6.92 Å². The molecule has 2 N–H and O–H groups in total. The maximum absolute atomic E-state index is 12.5. The van der Waals surface area contributed by atoms with Crippen molar-refractivity contribution in [3.63, 3.8) is 0 Å². The van der Waals surface area contributed by atoms with Gasteiger partial charge >= 0.3 is 6.18 Å². The summed E-state index contributed by atoms with van der Waals surface area (Å²) >= 11 is 0. The van der Waals surface area contributed by atoms with E-state index in [0.717, 1.165) is 16.9 Å². The molecular formula is C14H19F3N2O. The molecule has 0 aliphatic carbocycles. The molecule has 1 rings (SSSR count). The van der Waals surface area contributed by atoms with Gasteiger partial charge in [0, 0.05) is 17.8 Å². The van der Waals surface area contributed by atoms with E-state index in [-0.39, 0.29) is 12.1 Å². The standard InChI is InChI=1S/C14H19F3N2O/c1-3-4-7-19(9-14(15,16)17)13(20)11-6-5-10(2)12(18)8-11/h5-6,8H,3-4,7,9,18H2,1-2H3. The number of carbonyl (C=O) groups excluding carboxylic acids is 1. The van der Waals surface area contributed by atoms with E-state index in [2.05, 4.69) is 0 Å². The predicted octanol–water partition coefficient (Wildman–Crippen LogP) is 3.38. The van der Waals surface area contributed by atoms with Crippen molar-refractivity contribution in [2.45, 2.75) is 32.9 Å². The molecule has 1 aromatic rings. The first-order valence-corrected chi connectivity index (χ1v) is 6.46. The van der Waals surface area contributed by atoms with Gasteiger partial charge in [0.1, 0.15) is 6.54 Å². The van der Waals surface area contributed by atoms with Gasteiger partial charge in [0.05, 0.1) is 0 Å². The number of carbonyl (C=O) groups is 1. The van der Waals surface area contributed by atoms with Gasteiger partial charge < -0.3 is 10.6 Å². The number of hydrogen-bond acceptors (Lipinski definition) is 2. The van der Waals surface area contributed by atoms with E-state index in [9.17, 15) is 18.0 Å². The number of nitrogens with zero attached hydrogens (tertiary/aromatic N) is 1. The Labute approximate surface area is 116 Å². The molecule has 0 bridgehead atoms. The maximum atomic E-state index is 12.5. The van der Waals surface area contributed by atoms with Gasteiger partial charge in [-0.25, -0.2) is 0 Å². The molecule has 20 heavy (non-hydrogen) atoms. The van der Waals surface area contributed by atoms with E-state index in [0.29, 0.717) is 12.1 Å². The number of hydrogen-bond donors (Lipinski definition) is 1. The van der Waals surface area contributed by atoms with Crippen molar-refractivity contribution in [3.8, 4) is 0 Å². The van der Waals surface area contributed by atoms with Crippen molar-refractivity contribution >= 4 is 11.6 Å². The van der Waals surface area contributed by atoms with Gasteiger partial charge in [0.2, 0.25) is 0 Å². The van der Waals surface area contributed by atoms with Crippen molar-refractivity contribution in [1.82, 2.24) is 4.90 Å². The molecule has 0 saturated heterocycles. The van der Waals surface area contributed by atoms with Gasteiger partial charge in [0.15, 0.2) is 0 Å². The molecule has 0 spiro atoms. The third-order valence-electron chi connectivity index (χ3n) is 2.97. The SMILES string of the molecule is CCCCN(CC(F)(F)F)C(=O)c1ccc(C)c(N)c1. The molecule has 0 fully saturated rings. The summed E-state index contributed by atoms with van der Waals surface area (Å²) in [6.45, 7) is 2.48. The van der Waals surface area contributed by atoms with Crippen LogP contribution in [0.15, 0.2) is 18.2 Å². The van der Waals surface area contributed by atoms with Crippen LogP contribution in [0.3, 0.4) is 0 Å². The van der Waals surface area contributed by atoms with Crippen LogP contribution in [0.5, 0.6) is 0 Å². The van der Waals surface area contributed by atoms with Crippen molar-refractivity contribution in [3.05, 3.63) is 29.3 Å². The summed E-state index contributed by atoms with van der Waals surface area (Å²) in [6.07, 6.45) is -3.15. The average Bonchev–Trinajstić information content (AvgIpc) is 2.35. The van der Waals surface area contributed by atoms with Crippen LogP contribution in [0.25, 0.3) is 0 Å². The highest BCUT2D eigenvalue weighted by molar-refractivity contribution is 5.95. The molecule has 0 radical (unpaired) electrons. The van der Waals surface area contributed by atoms with E-state index < -0.39 is 18.6 Å². The third kappa shape index (κ3) is 4.75. The minimum atomic E-state index is -4.40. The lowest BCUT2D eigenvalue weighted by atomic mass is 10.1. The highest BCUT2D eigenvalue weighted by atomic mass is 19.4. The molecule has 0 aliphatic rings. The first kappa shape index (κ1) is 16.3. The number of anilines is 1. The molecule has 0 aliphatic heterocycles. The number of aryl methyl sites for hydroxylation is 1. The number of nitrogens with two attached hydrogens (primary N) is 1. The molecule has 0 heterocycles. The quantitative estimate of drug-likeness (QED) is 0.844. The minimum absolute atomic E-state index is 0.0859. The second-order valence-corrected chi connectivity index (χ2v) is 4.77. The average molecular weight is 288 g/mol. The van der Waals surface area contributed by atoms with Crippen molar-refractivity contribution in [2.24, 2.45) is 0 Å². The Bertz CT molecular complexity index is 472. The maximum Gasteiger partial charge on any atom is 0.406 e. The number of halogens is 3. The molecule has 3 nitrogen and oxygen atoms in total. The van der Waals surface area contributed by atoms with Gasteiger partial charge in [-0.05, 0) is 31.0 Å². The number of unbranched alkanes of at least 4 members (excludes halogenated alkanes) is 1. The second kappa shape index (κ2) is 6.63. The van der Waals surface area contributed by atoms with Crippen molar-refractivity contribution in [2.75, 3.05) is 18.8 Å². The molecule has 1 aromatic carbocycles. The first-order chi connectivity index (χ1) is 9.24. The summed E-state index contributed by atoms with van der Waals surface area (Å²) in [4.78, 5) is 13.0. The molecule has 1 amide bonds. The zero-order valence-corrected chi connectivity index (χ0v) is 11.6. The van der Waals surface area contributed by atoms with Crippen LogP contribution in [-0.4, -0.2) is 30.1 Å². The van der Waals surface area contributed by atoms with Crippen molar-refractivity contribution < 1.29 is 18.0 Å². The fraction of sp³-hybridized carbons (Fsp3) is 0.500. The van der Waals surface area contributed by atoms with E-state index in [4.69, 9.17) is 5.73 Å². The minimum Gasteiger partial charge on any atom is -0.398 e. The Kier molecular flexibility index (Phi) is 5.42. The van der Waals surface area contributed by atoms with Gasteiger partial charge in [-0.2, -0.15) is 13.2 Å². The summed E-state index contributed by atoms with van der Waals surface area (Å²) in [5, 5.41) is 0. The summed E-state index contributed by atoms with van der Waals surface area (Å²) in [6, 6.07) is 4.56.